The molecule has 0 spiro atoms. The lowest BCUT2D eigenvalue weighted by molar-refractivity contribution is -0.150. The monoisotopic (exact) mass is 496 g/mol. The van der Waals surface area contributed by atoms with E-state index in [9.17, 15) is 19.5 Å². The summed E-state index contributed by atoms with van der Waals surface area (Å²) in [6, 6.07) is 15.5. The van der Waals surface area contributed by atoms with Gasteiger partial charge in [-0.2, -0.15) is 0 Å². The number of fused-ring (bicyclic) bond motifs is 3. The van der Waals surface area contributed by atoms with Crippen molar-refractivity contribution in [1.82, 2.24) is 10.2 Å². The predicted octanol–water partition coefficient (Wildman–Crippen LogP) is 4.71. The van der Waals surface area contributed by atoms with Gasteiger partial charge >= 0.3 is 12.1 Å². The highest BCUT2D eigenvalue weighted by molar-refractivity contribution is 8.00. The zero-order valence-corrected chi connectivity index (χ0v) is 21.1. The lowest BCUT2D eigenvalue weighted by Gasteiger charge is -2.31. The topological polar surface area (TPSA) is 95.9 Å². The van der Waals surface area contributed by atoms with E-state index >= 15 is 0 Å². The van der Waals surface area contributed by atoms with Gasteiger partial charge in [-0.05, 0) is 34.1 Å². The van der Waals surface area contributed by atoms with Crippen LogP contribution in [0.2, 0.25) is 0 Å². The summed E-state index contributed by atoms with van der Waals surface area (Å²) in [6.07, 6.45) is 0.301. The van der Waals surface area contributed by atoms with Crippen molar-refractivity contribution >= 4 is 29.7 Å². The van der Waals surface area contributed by atoms with E-state index < -0.39 is 23.5 Å². The number of ether oxygens (including phenoxy) is 1. The highest BCUT2D eigenvalue weighted by Crippen LogP contribution is 2.44. The number of hydrogen-bond acceptors (Lipinski definition) is 5. The van der Waals surface area contributed by atoms with Crippen LogP contribution in [0.5, 0.6) is 0 Å². The van der Waals surface area contributed by atoms with Gasteiger partial charge in [0, 0.05) is 24.6 Å². The summed E-state index contributed by atoms with van der Waals surface area (Å²) in [6.45, 7) is 6.18. The first-order valence-electron chi connectivity index (χ1n) is 12.0. The van der Waals surface area contributed by atoms with Crippen LogP contribution in [0, 0.1) is 5.41 Å². The average Bonchev–Trinajstić information content (AvgIpc) is 3.41. The van der Waals surface area contributed by atoms with Crippen molar-refractivity contribution in [3.05, 3.63) is 59.7 Å². The van der Waals surface area contributed by atoms with Gasteiger partial charge in [-0.15, -0.1) is 11.8 Å². The van der Waals surface area contributed by atoms with Crippen LogP contribution in [0.4, 0.5) is 4.79 Å². The minimum Gasteiger partial charge on any atom is -0.480 e. The second-order valence-corrected chi connectivity index (χ2v) is 11.1. The maximum atomic E-state index is 13.0. The van der Waals surface area contributed by atoms with E-state index in [4.69, 9.17) is 4.74 Å². The summed E-state index contributed by atoms with van der Waals surface area (Å²) in [5.41, 5.74) is 4.07. The molecule has 0 radical (unpaired) electrons. The van der Waals surface area contributed by atoms with Gasteiger partial charge in [-0.25, -0.2) is 9.59 Å². The number of carbonyl (C=O) groups is 3. The first kappa shape index (κ1) is 25.1. The van der Waals surface area contributed by atoms with E-state index in [-0.39, 0.29) is 36.8 Å². The predicted molar refractivity (Wildman–Crippen MR) is 136 cm³/mol. The van der Waals surface area contributed by atoms with Gasteiger partial charge < -0.3 is 20.1 Å². The Morgan fingerprint density at radius 1 is 1.09 bits per heavy atom. The number of carbonyl (C=O) groups excluding carboxylic acids is 2. The fourth-order valence-corrected chi connectivity index (χ4v) is 6.30. The van der Waals surface area contributed by atoms with Crippen LogP contribution in [-0.2, 0) is 14.3 Å². The van der Waals surface area contributed by atoms with Crippen molar-refractivity contribution in [2.24, 2.45) is 5.41 Å². The van der Waals surface area contributed by atoms with Crippen molar-refractivity contribution < 1.29 is 24.2 Å². The summed E-state index contributed by atoms with van der Waals surface area (Å²) in [7, 11) is 0. The quantitative estimate of drug-likeness (QED) is 0.550. The number of nitrogens with zero attached hydrogens (tertiary/aromatic N) is 1. The van der Waals surface area contributed by atoms with E-state index in [1.807, 2.05) is 45.0 Å². The van der Waals surface area contributed by atoms with Crippen LogP contribution in [-0.4, -0.2) is 58.3 Å². The number of thioether (sulfide) groups is 1. The number of benzene rings is 2. The third-order valence-electron chi connectivity index (χ3n) is 6.70. The number of amides is 2. The number of nitrogens with one attached hydrogen (secondary N) is 1. The summed E-state index contributed by atoms with van der Waals surface area (Å²) >= 11 is 1.50. The Bertz CT molecular complexity index is 1070. The van der Waals surface area contributed by atoms with E-state index in [0.29, 0.717) is 12.2 Å². The highest BCUT2D eigenvalue weighted by atomic mass is 32.2. The zero-order valence-electron chi connectivity index (χ0n) is 20.3. The fraction of sp³-hybridized carbons (Fsp3) is 0.444. The lowest BCUT2D eigenvalue weighted by atomic mass is 9.88. The summed E-state index contributed by atoms with van der Waals surface area (Å²) in [5.74, 6) is -0.794. The van der Waals surface area contributed by atoms with Crippen molar-refractivity contribution in [3.8, 4) is 11.1 Å². The largest absolute Gasteiger partial charge is 0.480 e. The van der Waals surface area contributed by atoms with Crippen molar-refractivity contribution in [3.63, 3.8) is 0 Å². The fourth-order valence-electron chi connectivity index (χ4n) is 4.93. The Balaban J connectivity index is 1.32. The molecule has 1 saturated heterocycles. The molecule has 2 aliphatic rings. The molecule has 2 aromatic rings. The van der Waals surface area contributed by atoms with E-state index in [2.05, 4.69) is 29.6 Å². The van der Waals surface area contributed by atoms with Gasteiger partial charge in [0.2, 0.25) is 5.91 Å². The van der Waals surface area contributed by atoms with Crippen LogP contribution in [0.1, 0.15) is 50.7 Å². The molecule has 1 aliphatic carbocycles. The lowest BCUT2D eigenvalue weighted by Crippen LogP contribution is -2.47. The van der Waals surface area contributed by atoms with Gasteiger partial charge in [0.25, 0.3) is 0 Å². The third-order valence-corrected chi connectivity index (χ3v) is 8.15. The van der Waals surface area contributed by atoms with E-state index in [1.54, 1.807) is 0 Å². The van der Waals surface area contributed by atoms with Crippen LogP contribution in [0.3, 0.4) is 0 Å². The van der Waals surface area contributed by atoms with Crippen LogP contribution >= 0.6 is 11.8 Å². The SMILES string of the molecule is CCC1SCC(C(=O)O)N1C(=O)CC(C)(C)CNC(=O)OCC1c2ccccc2-c2ccccc21. The number of rotatable bonds is 8. The van der Waals surface area contributed by atoms with E-state index in [0.717, 1.165) is 11.1 Å². The Morgan fingerprint density at radius 3 is 2.26 bits per heavy atom. The van der Waals surface area contributed by atoms with Crippen molar-refractivity contribution in [1.29, 1.82) is 0 Å². The number of carboxylic acid groups (broad SMARTS) is 1. The normalized spacial score (nSPS) is 19.2. The van der Waals surface area contributed by atoms with Gasteiger partial charge in [-0.3, -0.25) is 4.79 Å². The summed E-state index contributed by atoms with van der Waals surface area (Å²) in [4.78, 5) is 38.7. The molecule has 35 heavy (non-hydrogen) atoms. The second kappa shape index (κ2) is 10.3. The van der Waals surface area contributed by atoms with Crippen LogP contribution in [0.15, 0.2) is 48.5 Å². The minimum atomic E-state index is -0.976. The van der Waals surface area contributed by atoms with Crippen LogP contribution < -0.4 is 5.32 Å². The maximum Gasteiger partial charge on any atom is 0.407 e. The molecule has 2 aromatic carbocycles. The molecule has 1 fully saturated rings. The van der Waals surface area contributed by atoms with Crippen molar-refractivity contribution in [2.45, 2.75) is 50.9 Å². The van der Waals surface area contributed by atoms with Gasteiger partial charge in [-0.1, -0.05) is 69.3 Å². The molecule has 4 rings (SSSR count). The molecule has 0 bridgehead atoms. The number of alkyl carbamates (subject to hydrolysis) is 1. The zero-order chi connectivity index (χ0) is 25.2. The first-order valence-corrected chi connectivity index (χ1v) is 13.0. The van der Waals surface area contributed by atoms with Crippen LogP contribution in [0.25, 0.3) is 11.1 Å². The maximum absolute atomic E-state index is 13.0. The molecular formula is C27H32N2O5S. The molecule has 2 unspecified atom stereocenters. The summed E-state index contributed by atoms with van der Waals surface area (Å²) < 4.78 is 5.60. The number of carboxylic acids is 1. The molecule has 2 atom stereocenters. The first-order chi connectivity index (χ1) is 16.7. The molecule has 8 heteroatoms. The Morgan fingerprint density at radius 2 is 1.69 bits per heavy atom. The average molecular weight is 497 g/mol. The number of hydrogen-bond donors (Lipinski definition) is 2. The van der Waals surface area contributed by atoms with Gasteiger partial charge in [0.15, 0.2) is 0 Å². The summed E-state index contributed by atoms with van der Waals surface area (Å²) in [5, 5.41) is 12.2. The van der Waals surface area contributed by atoms with Gasteiger partial charge in [0.05, 0.1) is 5.37 Å². The second-order valence-electron chi connectivity index (χ2n) is 9.87. The molecule has 186 valence electrons. The van der Waals surface area contributed by atoms with E-state index in [1.165, 1.54) is 27.8 Å². The Hall–Kier alpha value is -3.00. The molecule has 7 nitrogen and oxygen atoms in total. The molecule has 2 N–H and O–H groups in total. The third kappa shape index (κ3) is 5.32. The Labute approximate surface area is 210 Å². The molecule has 1 heterocycles. The Kier molecular flexibility index (Phi) is 7.40. The smallest absolute Gasteiger partial charge is 0.407 e. The highest BCUT2D eigenvalue weighted by Gasteiger charge is 2.42. The molecule has 2 amide bonds. The van der Waals surface area contributed by atoms with Gasteiger partial charge in [0.1, 0.15) is 12.6 Å². The molecule has 0 aromatic heterocycles. The minimum absolute atomic E-state index is 0.0191. The molecule has 1 aliphatic heterocycles. The number of aliphatic carboxylic acids is 1. The van der Waals surface area contributed by atoms with Crippen molar-refractivity contribution in [2.75, 3.05) is 18.9 Å². The molecule has 0 saturated carbocycles. The molecular weight excluding hydrogens is 464 g/mol. The standard InChI is InChI=1S/C27H32N2O5S/c1-4-24-29(22(15-35-24)25(31)32)23(30)13-27(2,3)16-28-26(33)34-14-21-19-11-7-5-9-17(19)18-10-6-8-12-20(18)21/h5-12,21-22,24H,4,13-16H2,1-3H3,(H,28,33)(H,31,32).